The van der Waals surface area contributed by atoms with Gasteiger partial charge in [-0.3, -0.25) is 4.90 Å². The summed E-state index contributed by atoms with van der Waals surface area (Å²) in [5, 5.41) is 3.93. The molecule has 0 aliphatic carbocycles. The second-order valence-electron chi connectivity index (χ2n) is 6.88. The molecule has 24 heavy (non-hydrogen) atoms. The van der Waals surface area contributed by atoms with E-state index in [0.717, 1.165) is 44.0 Å². The van der Waals surface area contributed by atoms with E-state index in [-0.39, 0.29) is 0 Å². The molecule has 4 rings (SSSR count). The van der Waals surface area contributed by atoms with Gasteiger partial charge in [0, 0.05) is 6.54 Å². The standard InChI is InChI=1S/C18H23N5O/c1-12-7-16-17(8-13(12)2)23(10-19-16)11-22-6-4-5-15(9-22)18-20-14(3)21-24-18/h7-8,10,15H,4-6,9,11H2,1-3H3. The van der Waals surface area contributed by atoms with Crippen molar-refractivity contribution in [2.45, 2.75) is 46.2 Å². The predicted octanol–water partition coefficient (Wildman–Crippen LogP) is 3.18. The van der Waals surface area contributed by atoms with Crippen molar-refractivity contribution >= 4 is 11.0 Å². The van der Waals surface area contributed by atoms with E-state index in [1.807, 2.05) is 13.3 Å². The highest BCUT2D eigenvalue weighted by molar-refractivity contribution is 5.77. The zero-order chi connectivity index (χ0) is 16.7. The summed E-state index contributed by atoms with van der Waals surface area (Å²) >= 11 is 0. The minimum atomic E-state index is 0.332. The van der Waals surface area contributed by atoms with Crippen LogP contribution < -0.4 is 0 Å². The van der Waals surface area contributed by atoms with Crippen molar-refractivity contribution in [1.82, 2.24) is 24.6 Å². The quantitative estimate of drug-likeness (QED) is 0.740. The Morgan fingerprint density at radius 3 is 2.83 bits per heavy atom. The van der Waals surface area contributed by atoms with Gasteiger partial charge < -0.3 is 9.09 Å². The number of aryl methyl sites for hydroxylation is 3. The van der Waals surface area contributed by atoms with Crippen LogP contribution in [0.4, 0.5) is 0 Å². The number of hydrogen-bond acceptors (Lipinski definition) is 5. The van der Waals surface area contributed by atoms with Crippen LogP contribution in [-0.2, 0) is 6.67 Å². The Hall–Kier alpha value is -2.21. The van der Waals surface area contributed by atoms with Crippen molar-refractivity contribution < 1.29 is 4.52 Å². The molecule has 3 aromatic rings. The second-order valence-corrected chi connectivity index (χ2v) is 6.88. The molecule has 0 spiro atoms. The first kappa shape index (κ1) is 15.3. The van der Waals surface area contributed by atoms with E-state index < -0.39 is 0 Å². The van der Waals surface area contributed by atoms with E-state index in [1.165, 1.54) is 16.6 Å². The maximum Gasteiger partial charge on any atom is 0.231 e. The third kappa shape index (κ3) is 2.82. The van der Waals surface area contributed by atoms with Crippen LogP contribution in [0.2, 0.25) is 0 Å². The van der Waals surface area contributed by atoms with Crippen molar-refractivity contribution in [3.05, 3.63) is 41.3 Å². The molecule has 126 valence electrons. The Labute approximate surface area is 141 Å². The molecule has 1 saturated heterocycles. The normalized spacial score (nSPS) is 19.2. The maximum atomic E-state index is 5.38. The Morgan fingerprint density at radius 1 is 1.21 bits per heavy atom. The minimum absolute atomic E-state index is 0.332. The highest BCUT2D eigenvalue weighted by Crippen LogP contribution is 2.26. The zero-order valence-electron chi connectivity index (χ0n) is 14.5. The van der Waals surface area contributed by atoms with Gasteiger partial charge in [0.2, 0.25) is 5.89 Å². The smallest absolute Gasteiger partial charge is 0.231 e. The fourth-order valence-corrected chi connectivity index (χ4v) is 3.51. The fraction of sp³-hybridized carbons (Fsp3) is 0.500. The largest absolute Gasteiger partial charge is 0.339 e. The van der Waals surface area contributed by atoms with Crippen molar-refractivity contribution in [1.29, 1.82) is 0 Å². The van der Waals surface area contributed by atoms with Crippen LogP contribution in [0.5, 0.6) is 0 Å². The van der Waals surface area contributed by atoms with Crippen LogP contribution in [-0.4, -0.2) is 37.7 Å². The third-order valence-electron chi connectivity index (χ3n) is 4.99. The minimum Gasteiger partial charge on any atom is -0.339 e. The van der Waals surface area contributed by atoms with Gasteiger partial charge in [0.25, 0.3) is 0 Å². The lowest BCUT2D eigenvalue weighted by Crippen LogP contribution is -2.35. The van der Waals surface area contributed by atoms with E-state index in [9.17, 15) is 0 Å². The highest BCUT2D eigenvalue weighted by atomic mass is 16.5. The van der Waals surface area contributed by atoms with E-state index in [4.69, 9.17) is 4.52 Å². The average molecular weight is 325 g/mol. The summed E-state index contributed by atoms with van der Waals surface area (Å²) in [5.41, 5.74) is 4.87. The molecule has 6 heteroatoms. The topological polar surface area (TPSA) is 60.0 Å². The van der Waals surface area contributed by atoms with Crippen LogP contribution >= 0.6 is 0 Å². The van der Waals surface area contributed by atoms with Crippen LogP contribution in [0.25, 0.3) is 11.0 Å². The van der Waals surface area contributed by atoms with Gasteiger partial charge in [-0.2, -0.15) is 4.98 Å². The van der Waals surface area contributed by atoms with Gasteiger partial charge in [0.05, 0.1) is 29.9 Å². The summed E-state index contributed by atoms with van der Waals surface area (Å²) < 4.78 is 7.62. The van der Waals surface area contributed by atoms with Gasteiger partial charge in [0.1, 0.15) is 0 Å². The second kappa shape index (κ2) is 6.02. The van der Waals surface area contributed by atoms with Gasteiger partial charge in [-0.05, 0) is 63.4 Å². The van der Waals surface area contributed by atoms with E-state index in [1.54, 1.807) is 0 Å². The van der Waals surface area contributed by atoms with Gasteiger partial charge >= 0.3 is 0 Å². The number of nitrogens with zero attached hydrogens (tertiary/aromatic N) is 5. The first-order chi connectivity index (χ1) is 11.6. The molecule has 3 heterocycles. The molecule has 0 N–H and O–H groups in total. The number of piperidine rings is 1. The Bertz CT molecular complexity index is 866. The summed E-state index contributed by atoms with van der Waals surface area (Å²) in [4.78, 5) is 11.4. The number of imidazole rings is 1. The molecule has 1 atom stereocenters. The SMILES string of the molecule is Cc1noc(C2CCCN(Cn3cnc4cc(C)c(C)cc43)C2)n1. The zero-order valence-corrected chi connectivity index (χ0v) is 14.5. The van der Waals surface area contributed by atoms with Crippen molar-refractivity contribution in [2.75, 3.05) is 13.1 Å². The molecular formula is C18H23N5O. The van der Waals surface area contributed by atoms with Crippen LogP contribution in [0.1, 0.15) is 41.6 Å². The first-order valence-corrected chi connectivity index (χ1v) is 8.55. The first-order valence-electron chi connectivity index (χ1n) is 8.55. The predicted molar refractivity (Wildman–Crippen MR) is 91.8 cm³/mol. The molecule has 1 aromatic carbocycles. The number of fused-ring (bicyclic) bond motifs is 1. The summed E-state index contributed by atoms with van der Waals surface area (Å²) in [6.07, 6.45) is 4.21. The number of rotatable bonds is 3. The average Bonchev–Trinajstić information content (AvgIpc) is 3.16. The molecule has 6 nitrogen and oxygen atoms in total. The molecule has 1 aliphatic heterocycles. The highest BCUT2D eigenvalue weighted by Gasteiger charge is 2.26. The molecule has 1 aliphatic rings. The van der Waals surface area contributed by atoms with Crippen molar-refractivity contribution in [2.24, 2.45) is 0 Å². The number of aromatic nitrogens is 4. The molecular weight excluding hydrogens is 302 g/mol. The molecule has 0 amide bonds. The van der Waals surface area contributed by atoms with Crippen LogP contribution in [0, 0.1) is 20.8 Å². The molecule has 1 fully saturated rings. The molecule has 0 radical (unpaired) electrons. The van der Waals surface area contributed by atoms with Crippen LogP contribution in [0.3, 0.4) is 0 Å². The monoisotopic (exact) mass is 325 g/mol. The van der Waals surface area contributed by atoms with Gasteiger partial charge in [-0.15, -0.1) is 0 Å². The fourth-order valence-electron chi connectivity index (χ4n) is 3.51. The Morgan fingerprint density at radius 2 is 2.04 bits per heavy atom. The van der Waals surface area contributed by atoms with Crippen molar-refractivity contribution in [3.8, 4) is 0 Å². The van der Waals surface area contributed by atoms with E-state index in [2.05, 4.69) is 50.6 Å². The lowest BCUT2D eigenvalue weighted by molar-refractivity contribution is 0.153. The number of hydrogen-bond donors (Lipinski definition) is 0. The maximum absolute atomic E-state index is 5.38. The summed E-state index contributed by atoms with van der Waals surface area (Å²) in [7, 11) is 0. The number of likely N-dealkylation sites (tertiary alicyclic amines) is 1. The molecule has 1 unspecified atom stereocenters. The van der Waals surface area contributed by atoms with Crippen molar-refractivity contribution in [3.63, 3.8) is 0 Å². The Balaban J connectivity index is 1.53. The summed E-state index contributed by atoms with van der Waals surface area (Å²) in [6, 6.07) is 4.40. The van der Waals surface area contributed by atoms with Gasteiger partial charge in [-0.1, -0.05) is 5.16 Å². The summed E-state index contributed by atoms with van der Waals surface area (Å²) in [6.45, 7) is 9.05. The van der Waals surface area contributed by atoms with E-state index >= 15 is 0 Å². The lowest BCUT2D eigenvalue weighted by Gasteiger charge is -2.31. The molecule has 0 saturated carbocycles. The number of benzene rings is 1. The molecule has 2 aromatic heterocycles. The van der Waals surface area contributed by atoms with E-state index in [0.29, 0.717) is 11.7 Å². The van der Waals surface area contributed by atoms with Gasteiger partial charge in [0.15, 0.2) is 5.82 Å². The Kier molecular flexibility index (Phi) is 3.84. The summed E-state index contributed by atoms with van der Waals surface area (Å²) in [5.74, 6) is 1.83. The van der Waals surface area contributed by atoms with Gasteiger partial charge in [-0.25, -0.2) is 4.98 Å². The van der Waals surface area contributed by atoms with Crippen LogP contribution in [0.15, 0.2) is 23.0 Å². The third-order valence-corrected chi connectivity index (χ3v) is 4.99. The molecule has 0 bridgehead atoms. The lowest BCUT2D eigenvalue weighted by atomic mass is 9.98.